The molecule has 0 bridgehead atoms. The van der Waals surface area contributed by atoms with Crippen LogP contribution in [0.1, 0.15) is 16.8 Å². The average molecular weight is 450 g/mol. The smallest absolute Gasteiger partial charge is 0.260 e. The van der Waals surface area contributed by atoms with Crippen molar-refractivity contribution < 1.29 is 4.79 Å². The molecule has 0 atom stereocenters. The minimum atomic E-state index is -0.0476. The molecule has 0 spiro atoms. The predicted molar refractivity (Wildman–Crippen MR) is 131 cm³/mol. The lowest BCUT2D eigenvalue weighted by Crippen LogP contribution is -2.33. The first-order valence-electron chi connectivity index (χ1n) is 10.2. The van der Waals surface area contributed by atoms with Gasteiger partial charge in [-0.2, -0.15) is 0 Å². The number of carbonyl (C=O) groups excluding carboxylic acids is 1. The molecule has 3 aromatic carbocycles. The van der Waals surface area contributed by atoms with Crippen LogP contribution in [0.2, 0.25) is 5.02 Å². The Kier molecular flexibility index (Phi) is 6.66. The molecule has 6 heteroatoms. The van der Waals surface area contributed by atoms with E-state index in [1.807, 2.05) is 74.8 Å². The summed E-state index contributed by atoms with van der Waals surface area (Å²) < 4.78 is 0.979. The van der Waals surface area contributed by atoms with Crippen LogP contribution in [-0.4, -0.2) is 43.0 Å². The van der Waals surface area contributed by atoms with Gasteiger partial charge in [-0.25, -0.2) is 4.98 Å². The maximum Gasteiger partial charge on any atom is 0.260 e. The average Bonchev–Trinajstić information content (AvgIpc) is 3.22. The topological polar surface area (TPSA) is 36.4 Å². The van der Waals surface area contributed by atoms with Crippen LogP contribution in [0.4, 0.5) is 5.13 Å². The number of benzene rings is 3. The number of fused-ring (bicyclic) bond motifs is 1. The second-order valence-corrected chi connectivity index (χ2v) is 9.06. The Bertz CT molecular complexity index is 1170. The van der Waals surface area contributed by atoms with Crippen molar-refractivity contribution in [3.05, 3.63) is 83.4 Å². The van der Waals surface area contributed by atoms with Gasteiger partial charge in [-0.05, 0) is 62.5 Å². The zero-order chi connectivity index (χ0) is 21.8. The highest BCUT2D eigenvalue weighted by atomic mass is 35.5. The molecule has 1 amide bonds. The maximum absolute atomic E-state index is 13.5. The summed E-state index contributed by atoms with van der Waals surface area (Å²) in [5.41, 5.74) is 3.61. The molecule has 4 nitrogen and oxygen atoms in total. The van der Waals surface area contributed by atoms with Gasteiger partial charge in [-0.1, -0.05) is 71.5 Å². The first-order chi connectivity index (χ1) is 15.0. The molecule has 0 saturated carbocycles. The van der Waals surface area contributed by atoms with Crippen LogP contribution in [0.25, 0.3) is 21.3 Å². The van der Waals surface area contributed by atoms with E-state index in [0.717, 1.165) is 34.3 Å². The van der Waals surface area contributed by atoms with Crippen LogP contribution in [0.15, 0.2) is 72.8 Å². The largest absolute Gasteiger partial charge is 0.309 e. The third kappa shape index (κ3) is 4.96. The molecule has 0 unspecified atom stereocenters. The van der Waals surface area contributed by atoms with Gasteiger partial charge in [0, 0.05) is 12.1 Å². The van der Waals surface area contributed by atoms with Crippen molar-refractivity contribution in [3.63, 3.8) is 0 Å². The highest BCUT2D eigenvalue weighted by molar-refractivity contribution is 7.22. The van der Waals surface area contributed by atoms with Crippen LogP contribution in [0.3, 0.4) is 0 Å². The van der Waals surface area contributed by atoms with Gasteiger partial charge in [0.15, 0.2) is 5.13 Å². The number of rotatable bonds is 7. The van der Waals surface area contributed by atoms with Crippen LogP contribution >= 0.6 is 22.9 Å². The molecule has 0 aliphatic carbocycles. The summed E-state index contributed by atoms with van der Waals surface area (Å²) >= 11 is 7.82. The normalized spacial score (nSPS) is 11.2. The van der Waals surface area contributed by atoms with Crippen LogP contribution in [-0.2, 0) is 0 Å². The lowest BCUT2D eigenvalue weighted by molar-refractivity contribution is 0.0986. The van der Waals surface area contributed by atoms with Gasteiger partial charge < -0.3 is 4.90 Å². The number of para-hydroxylation sites is 1. The molecule has 4 rings (SSSR count). The SMILES string of the molecule is CN(C)CCCN(C(=O)c1ccc(-c2ccccc2)cc1)c1nc2c(Cl)cccc2s1. The highest BCUT2D eigenvalue weighted by Gasteiger charge is 2.22. The van der Waals surface area contributed by atoms with Crippen molar-refractivity contribution in [1.29, 1.82) is 0 Å². The Morgan fingerprint density at radius 1 is 0.903 bits per heavy atom. The van der Waals surface area contributed by atoms with Gasteiger partial charge in [0.2, 0.25) is 0 Å². The molecule has 0 aliphatic rings. The van der Waals surface area contributed by atoms with Gasteiger partial charge >= 0.3 is 0 Å². The first-order valence-corrected chi connectivity index (χ1v) is 11.4. The fourth-order valence-corrected chi connectivity index (χ4v) is 4.73. The Balaban J connectivity index is 1.63. The number of anilines is 1. The molecule has 1 aromatic heterocycles. The van der Waals surface area contributed by atoms with Gasteiger partial charge in [0.25, 0.3) is 5.91 Å². The molecule has 31 heavy (non-hydrogen) atoms. The van der Waals surface area contributed by atoms with Gasteiger partial charge in [-0.3, -0.25) is 9.69 Å². The Hall–Kier alpha value is -2.73. The van der Waals surface area contributed by atoms with E-state index in [-0.39, 0.29) is 5.91 Å². The van der Waals surface area contributed by atoms with Crippen molar-refractivity contribution in [2.75, 3.05) is 32.1 Å². The standard InChI is InChI=1S/C25H24ClN3OS/c1-28(2)16-7-17-29(25-27-23-21(26)10-6-11-22(23)31-25)24(30)20-14-12-19(13-15-20)18-8-4-3-5-9-18/h3-6,8-15H,7,16-17H2,1-2H3. The lowest BCUT2D eigenvalue weighted by atomic mass is 10.0. The number of halogens is 1. The van der Waals surface area contributed by atoms with E-state index < -0.39 is 0 Å². The summed E-state index contributed by atoms with van der Waals surface area (Å²) in [6.07, 6.45) is 0.852. The molecule has 0 aliphatic heterocycles. The lowest BCUT2D eigenvalue weighted by Gasteiger charge is -2.21. The number of hydrogen-bond donors (Lipinski definition) is 0. The monoisotopic (exact) mass is 449 g/mol. The van der Waals surface area contributed by atoms with E-state index in [4.69, 9.17) is 16.6 Å². The molecular formula is C25H24ClN3OS. The Morgan fingerprint density at radius 2 is 1.61 bits per heavy atom. The summed E-state index contributed by atoms with van der Waals surface area (Å²) in [7, 11) is 4.07. The summed E-state index contributed by atoms with van der Waals surface area (Å²) in [4.78, 5) is 22.1. The van der Waals surface area contributed by atoms with Gasteiger partial charge in [0.05, 0.1) is 9.72 Å². The quantitative estimate of drug-likeness (QED) is 0.336. The van der Waals surface area contributed by atoms with E-state index in [2.05, 4.69) is 17.0 Å². The number of amides is 1. The molecule has 1 heterocycles. The van der Waals surface area contributed by atoms with Crippen molar-refractivity contribution in [1.82, 2.24) is 9.88 Å². The molecule has 0 N–H and O–H groups in total. The van der Waals surface area contributed by atoms with Crippen LogP contribution in [0, 0.1) is 0 Å². The first kappa shape index (κ1) is 21.5. The maximum atomic E-state index is 13.5. The van der Waals surface area contributed by atoms with E-state index in [9.17, 15) is 4.79 Å². The fourth-order valence-electron chi connectivity index (χ4n) is 3.44. The predicted octanol–water partition coefficient (Wildman–Crippen LogP) is 6.22. The van der Waals surface area contributed by atoms with Crippen LogP contribution < -0.4 is 4.90 Å². The third-order valence-corrected chi connectivity index (χ3v) is 6.41. The molecular weight excluding hydrogens is 426 g/mol. The van der Waals surface area contributed by atoms with E-state index in [1.165, 1.54) is 11.3 Å². The van der Waals surface area contributed by atoms with E-state index >= 15 is 0 Å². The van der Waals surface area contributed by atoms with Crippen molar-refractivity contribution in [2.24, 2.45) is 0 Å². The van der Waals surface area contributed by atoms with Crippen LogP contribution in [0.5, 0.6) is 0 Å². The van der Waals surface area contributed by atoms with E-state index in [1.54, 1.807) is 4.90 Å². The fraction of sp³-hybridized carbons (Fsp3) is 0.200. The van der Waals surface area contributed by atoms with Crippen molar-refractivity contribution in [3.8, 4) is 11.1 Å². The number of thiazole rings is 1. The zero-order valence-corrected chi connectivity index (χ0v) is 19.2. The van der Waals surface area contributed by atoms with E-state index in [0.29, 0.717) is 22.3 Å². The van der Waals surface area contributed by atoms with Crippen molar-refractivity contribution >= 4 is 44.2 Å². The zero-order valence-electron chi connectivity index (χ0n) is 17.6. The Labute approximate surface area is 191 Å². The van der Waals surface area contributed by atoms with Gasteiger partial charge in [-0.15, -0.1) is 0 Å². The summed E-state index contributed by atoms with van der Waals surface area (Å²) in [5.74, 6) is -0.0476. The van der Waals surface area contributed by atoms with Gasteiger partial charge in [0.1, 0.15) is 5.52 Å². The Morgan fingerprint density at radius 3 is 2.29 bits per heavy atom. The van der Waals surface area contributed by atoms with Crippen molar-refractivity contribution in [2.45, 2.75) is 6.42 Å². The number of aromatic nitrogens is 1. The molecule has 158 valence electrons. The number of hydrogen-bond acceptors (Lipinski definition) is 4. The number of nitrogens with zero attached hydrogens (tertiary/aromatic N) is 3. The molecule has 0 fully saturated rings. The highest BCUT2D eigenvalue weighted by Crippen LogP contribution is 2.33. The second kappa shape index (κ2) is 9.60. The third-order valence-electron chi connectivity index (χ3n) is 5.06. The number of carbonyl (C=O) groups is 1. The molecule has 0 saturated heterocycles. The summed E-state index contributed by atoms with van der Waals surface area (Å²) in [6, 6.07) is 23.7. The summed E-state index contributed by atoms with van der Waals surface area (Å²) in [5, 5.41) is 1.28. The molecule has 0 radical (unpaired) electrons. The summed E-state index contributed by atoms with van der Waals surface area (Å²) in [6.45, 7) is 1.48. The second-order valence-electron chi connectivity index (χ2n) is 7.64. The minimum Gasteiger partial charge on any atom is -0.309 e. The minimum absolute atomic E-state index is 0.0476. The molecule has 4 aromatic rings.